The molecule has 0 amide bonds. The van der Waals surface area contributed by atoms with Crippen LogP contribution in [0.3, 0.4) is 0 Å². The van der Waals surface area contributed by atoms with Crippen LogP contribution in [-0.2, 0) is 0 Å². The summed E-state index contributed by atoms with van der Waals surface area (Å²) in [5.74, 6) is 0.128. The van der Waals surface area contributed by atoms with E-state index < -0.39 is 5.82 Å². The third-order valence-corrected chi connectivity index (χ3v) is 2.54. The molecule has 3 nitrogen and oxygen atoms in total. The number of nitriles is 1. The first-order valence-electron chi connectivity index (χ1n) is 4.81. The molecule has 0 saturated heterocycles. The molecule has 2 aromatic rings. The fourth-order valence-electron chi connectivity index (χ4n) is 1.48. The lowest BCUT2D eigenvalue weighted by atomic mass is 10.1. The van der Waals surface area contributed by atoms with Crippen molar-refractivity contribution >= 4 is 15.9 Å². The quantitative estimate of drug-likeness (QED) is 0.758. The molecule has 0 aliphatic carbocycles. The fourth-order valence-corrected chi connectivity index (χ4v) is 1.95. The monoisotopic (exact) mass is 291 g/mol. The van der Waals surface area contributed by atoms with E-state index in [2.05, 4.69) is 25.9 Å². The van der Waals surface area contributed by atoms with E-state index in [-0.39, 0.29) is 5.56 Å². The summed E-state index contributed by atoms with van der Waals surface area (Å²) < 4.78 is 13.9. The molecule has 0 saturated carbocycles. The van der Waals surface area contributed by atoms with Crippen LogP contribution in [0.2, 0.25) is 0 Å². The highest BCUT2D eigenvalue weighted by Gasteiger charge is 2.06. The van der Waals surface area contributed by atoms with Gasteiger partial charge in [0.1, 0.15) is 16.2 Å². The van der Waals surface area contributed by atoms with Crippen LogP contribution in [0.25, 0.3) is 11.3 Å². The van der Waals surface area contributed by atoms with Crippen LogP contribution in [0, 0.1) is 24.1 Å². The largest absolute Gasteiger partial charge is 0.233 e. The minimum atomic E-state index is -0.452. The van der Waals surface area contributed by atoms with Crippen molar-refractivity contribution in [3.05, 3.63) is 46.1 Å². The molecule has 0 bridgehead atoms. The normalized spacial score (nSPS) is 10.0. The van der Waals surface area contributed by atoms with Gasteiger partial charge in [-0.05, 0) is 47.1 Å². The van der Waals surface area contributed by atoms with Gasteiger partial charge in [-0.3, -0.25) is 0 Å². The van der Waals surface area contributed by atoms with Gasteiger partial charge in [-0.25, -0.2) is 14.4 Å². The SMILES string of the molecule is Cc1nc(Br)cc(-c2cc(F)cc(C#N)c2)n1. The van der Waals surface area contributed by atoms with Crippen LogP contribution in [0.1, 0.15) is 11.4 Å². The second-order valence-electron chi connectivity index (χ2n) is 3.46. The van der Waals surface area contributed by atoms with Gasteiger partial charge in [0.05, 0.1) is 17.3 Å². The Hall–Kier alpha value is -1.80. The summed E-state index contributed by atoms with van der Waals surface area (Å²) in [6.45, 7) is 1.75. The molecule has 0 fully saturated rings. The van der Waals surface area contributed by atoms with Crippen LogP contribution < -0.4 is 0 Å². The first-order valence-corrected chi connectivity index (χ1v) is 5.60. The van der Waals surface area contributed by atoms with Crippen LogP contribution in [0.5, 0.6) is 0 Å². The second kappa shape index (κ2) is 4.60. The lowest BCUT2D eigenvalue weighted by Gasteiger charge is -2.03. The Labute approximate surface area is 106 Å². The molecule has 0 atom stereocenters. The first kappa shape index (κ1) is 11.7. The van der Waals surface area contributed by atoms with Gasteiger partial charge in [0.25, 0.3) is 0 Å². The predicted molar refractivity (Wildman–Crippen MR) is 64.6 cm³/mol. The van der Waals surface area contributed by atoms with Gasteiger partial charge in [0, 0.05) is 5.56 Å². The van der Waals surface area contributed by atoms with E-state index in [4.69, 9.17) is 5.26 Å². The maximum absolute atomic E-state index is 13.3. The number of rotatable bonds is 1. The Morgan fingerprint density at radius 2 is 2.00 bits per heavy atom. The van der Waals surface area contributed by atoms with E-state index in [1.807, 2.05) is 6.07 Å². The van der Waals surface area contributed by atoms with Gasteiger partial charge in [0.15, 0.2) is 0 Å². The molecular formula is C12H7BrFN3. The number of halogens is 2. The molecule has 2 rings (SSSR count). The van der Waals surface area contributed by atoms with Crippen molar-refractivity contribution in [2.24, 2.45) is 0 Å². The third-order valence-electron chi connectivity index (χ3n) is 2.13. The van der Waals surface area contributed by atoms with Gasteiger partial charge in [-0.1, -0.05) is 0 Å². The molecule has 0 aliphatic heterocycles. The predicted octanol–water partition coefficient (Wildman–Crippen LogP) is 3.23. The summed E-state index contributed by atoms with van der Waals surface area (Å²) >= 11 is 3.25. The summed E-state index contributed by atoms with van der Waals surface area (Å²) in [4.78, 5) is 8.28. The molecule has 0 radical (unpaired) electrons. The van der Waals surface area contributed by atoms with Crippen molar-refractivity contribution in [2.75, 3.05) is 0 Å². The van der Waals surface area contributed by atoms with Crippen LogP contribution in [0.15, 0.2) is 28.9 Å². The highest BCUT2D eigenvalue weighted by molar-refractivity contribution is 9.10. The van der Waals surface area contributed by atoms with Gasteiger partial charge >= 0.3 is 0 Å². The molecule has 1 aromatic carbocycles. The van der Waals surface area contributed by atoms with Crippen molar-refractivity contribution in [3.8, 4) is 17.3 Å². The molecule has 17 heavy (non-hydrogen) atoms. The lowest BCUT2D eigenvalue weighted by Crippen LogP contribution is -1.93. The summed E-state index contributed by atoms with van der Waals surface area (Å²) in [6, 6.07) is 7.72. The molecule has 1 aromatic heterocycles. The van der Waals surface area contributed by atoms with Gasteiger partial charge in [-0.15, -0.1) is 0 Å². The summed E-state index contributed by atoms with van der Waals surface area (Å²) in [5, 5.41) is 8.78. The number of hydrogen-bond donors (Lipinski definition) is 0. The fraction of sp³-hybridized carbons (Fsp3) is 0.0833. The number of nitrogens with zero attached hydrogens (tertiary/aromatic N) is 3. The molecule has 0 aliphatic rings. The van der Waals surface area contributed by atoms with E-state index in [0.717, 1.165) is 0 Å². The first-order chi connectivity index (χ1) is 8.08. The number of aryl methyl sites for hydroxylation is 1. The van der Waals surface area contributed by atoms with E-state index in [0.29, 0.717) is 21.7 Å². The molecule has 1 heterocycles. The Kier molecular flexibility index (Phi) is 3.16. The molecule has 5 heteroatoms. The van der Waals surface area contributed by atoms with Crippen molar-refractivity contribution < 1.29 is 4.39 Å². The maximum atomic E-state index is 13.3. The molecule has 84 valence electrons. The number of benzene rings is 1. The lowest BCUT2D eigenvalue weighted by molar-refractivity contribution is 0.628. The van der Waals surface area contributed by atoms with Gasteiger partial charge < -0.3 is 0 Å². The number of aromatic nitrogens is 2. The minimum absolute atomic E-state index is 0.271. The van der Waals surface area contributed by atoms with Crippen molar-refractivity contribution in [1.29, 1.82) is 5.26 Å². The molecule has 0 N–H and O–H groups in total. The molecule has 0 unspecified atom stereocenters. The van der Waals surface area contributed by atoms with Gasteiger partial charge in [-0.2, -0.15) is 5.26 Å². The van der Waals surface area contributed by atoms with E-state index in [9.17, 15) is 4.39 Å². The Balaban J connectivity index is 2.60. The summed E-state index contributed by atoms with van der Waals surface area (Å²) in [6.07, 6.45) is 0. The van der Waals surface area contributed by atoms with Crippen molar-refractivity contribution in [2.45, 2.75) is 6.92 Å². The zero-order valence-corrected chi connectivity index (χ0v) is 10.5. The summed E-state index contributed by atoms with van der Waals surface area (Å²) in [5.41, 5.74) is 1.42. The zero-order chi connectivity index (χ0) is 12.4. The molecule has 0 spiro atoms. The second-order valence-corrected chi connectivity index (χ2v) is 4.28. The van der Waals surface area contributed by atoms with E-state index in [1.165, 1.54) is 12.1 Å². The standard InChI is InChI=1S/C12H7BrFN3/c1-7-16-11(5-12(13)17-7)9-2-8(6-15)3-10(14)4-9/h2-5H,1H3. The van der Waals surface area contributed by atoms with Crippen molar-refractivity contribution in [3.63, 3.8) is 0 Å². The summed E-state index contributed by atoms with van der Waals surface area (Å²) in [7, 11) is 0. The van der Waals surface area contributed by atoms with Crippen molar-refractivity contribution in [1.82, 2.24) is 9.97 Å². The van der Waals surface area contributed by atoms with Crippen LogP contribution in [-0.4, -0.2) is 9.97 Å². The van der Waals surface area contributed by atoms with Gasteiger partial charge in [0.2, 0.25) is 0 Å². The third kappa shape index (κ3) is 2.66. The highest BCUT2D eigenvalue weighted by Crippen LogP contribution is 2.22. The Morgan fingerprint density at radius 1 is 1.24 bits per heavy atom. The minimum Gasteiger partial charge on any atom is -0.233 e. The van der Waals surface area contributed by atoms with Crippen LogP contribution in [0.4, 0.5) is 4.39 Å². The Morgan fingerprint density at radius 3 is 2.65 bits per heavy atom. The smallest absolute Gasteiger partial charge is 0.127 e. The zero-order valence-electron chi connectivity index (χ0n) is 8.91. The van der Waals surface area contributed by atoms with E-state index in [1.54, 1.807) is 19.1 Å². The number of hydrogen-bond acceptors (Lipinski definition) is 3. The average Bonchev–Trinajstić information content (AvgIpc) is 2.26. The van der Waals surface area contributed by atoms with Crippen LogP contribution >= 0.6 is 15.9 Å². The molecular weight excluding hydrogens is 285 g/mol. The maximum Gasteiger partial charge on any atom is 0.127 e. The Bertz CT molecular complexity index is 599. The topological polar surface area (TPSA) is 49.6 Å². The average molecular weight is 292 g/mol. The highest BCUT2D eigenvalue weighted by atomic mass is 79.9. The van der Waals surface area contributed by atoms with E-state index >= 15 is 0 Å².